The Labute approximate surface area is 109 Å². The molecule has 0 atom stereocenters. The first-order chi connectivity index (χ1) is 8.41. The van der Waals surface area contributed by atoms with E-state index >= 15 is 0 Å². The quantitative estimate of drug-likeness (QED) is 0.365. The van der Waals surface area contributed by atoms with Crippen molar-refractivity contribution in [1.82, 2.24) is 4.90 Å². The van der Waals surface area contributed by atoms with Gasteiger partial charge >= 0.3 is 5.24 Å². The lowest BCUT2D eigenvalue weighted by Crippen LogP contribution is -2.15. The van der Waals surface area contributed by atoms with Gasteiger partial charge in [-0.15, -0.1) is 0 Å². The SMILES string of the molecule is C/C(=N\SC(=O)N(C)C)c1ccc([N+](=O)[O-])cc1. The topological polar surface area (TPSA) is 75.8 Å². The highest BCUT2D eigenvalue weighted by Crippen LogP contribution is 2.15. The van der Waals surface area contributed by atoms with Crippen molar-refractivity contribution in [2.24, 2.45) is 4.40 Å². The number of nitro benzene ring substituents is 1. The van der Waals surface area contributed by atoms with E-state index in [1.54, 1.807) is 33.2 Å². The number of rotatable bonds is 3. The Morgan fingerprint density at radius 1 is 1.33 bits per heavy atom. The second kappa shape index (κ2) is 6.15. The van der Waals surface area contributed by atoms with E-state index in [4.69, 9.17) is 0 Å². The van der Waals surface area contributed by atoms with Crippen molar-refractivity contribution in [2.45, 2.75) is 6.92 Å². The molecule has 0 aliphatic rings. The molecular formula is C11H13N3O3S. The van der Waals surface area contributed by atoms with E-state index < -0.39 is 4.92 Å². The van der Waals surface area contributed by atoms with Gasteiger partial charge in [0.2, 0.25) is 0 Å². The maximum atomic E-state index is 11.3. The van der Waals surface area contributed by atoms with Crippen molar-refractivity contribution in [3.05, 3.63) is 39.9 Å². The molecule has 0 spiro atoms. The molecule has 1 aromatic carbocycles. The van der Waals surface area contributed by atoms with E-state index in [1.165, 1.54) is 17.0 Å². The molecule has 0 N–H and O–H groups in total. The molecule has 7 heteroatoms. The summed E-state index contributed by atoms with van der Waals surface area (Å²) in [6.45, 7) is 1.75. The smallest absolute Gasteiger partial charge is 0.303 e. The predicted molar refractivity (Wildman–Crippen MR) is 72.0 cm³/mol. The van der Waals surface area contributed by atoms with Crippen LogP contribution in [0.15, 0.2) is 28.7 Å². The zero-order chi connectivity index (χ0) is 13.7. The summed E-state index contributed by atoms with van der Waals surface area (Å²) < 4.78 is 4.06. The number of hydrogen-bond donors (Lipinski definition) is 0. The molecule has 6 nitrogen and oxygen atoms in total. The van der Waals surface area contributed by atoms with Gasteiger partial charge in [0.1, 0.15) is 0 Å². The van der Waals surface area contributed by atoms with Crippen molar-refractivity contribution in [3.8, 4) is 0 Å². The van der Waals surface area contributed by atoms with E-state index in [0.29, 0.717) is 5.71 Å². The zero-order valence-electron chi connectivity index (χ0n) is 10.3. The number of hydrogen-bond acceptors (Lipinski definition) is 5. The Kier molecular flexibility index (Phi) is 4.85. The summed E-state index contributed by atoms with van der Waals surface area (Å²) in [4.78, 5) is 22.8. The lowest BCUT2D eigenvalue weighted by molar-refractivity contribution is -0.384. The van der Waals surface area contributed by atoms with Gasteiger partial charge in [-0.3, -0.25) is 14.9 Å². The summed E-state index contributed by atoms with van der Waals surface area (Å²) in [5.41, 5.74) is 1.42. The van der Waals surface area contributed by atoms with Crippen molar-refractivity contribution in [1.29, 1.82) is 0 Å². The average molecular weight is 267 g/mol. The minimum Gasteiger partial charge on any atom is -0.338 e. The summed E-state index contributed by atoms with van der Waals surface area (Å²) in [6, 6.07) is 6.04. The second-order valence-electron chi connectivity index (χ2n) is 3.73. The number of nitrogens with zero attached hydrogens (tertiary/aromatic N) is 3. The summed E-state index contributed by atoms with van der Waals surface area (Å²) >= 11 is 0.839. The van der Waals surface area contributed by atoms with E-state index in [1.807, 2.05) is 0 Å². The Hall–Kier alpha value is -1.89. The lowest BCUT2D eigenvalue weighted by atomic mass is 10.1. The average Bonchev–Trinajstić information content (AvgIpc) is 2.35. The molecule has 0 bridgehead atoms. The molecule has 1 amide bonds. The molecule has 96 valence electrons. The van der Waals surface area contributed by atoms with Gasteiger partial charge in [-0.25, -0.2) is 4.40 Å². The molecule has 0 radical (unpaired) electrons. The Bertz CT molecular complexity index is 483. The highest BCUT2D eigenvalue weighted by atomic mass is 32.2. The molecule has 0 aliphatic carbocycles. The van der Waals surface area contributed by atoms with Crippen LogP contribution in [0.2, 0.25) is 0 Å². The number of amides is 1. The first-order valence-corrected chi connectivity index (χ1v) is 5.87. The van der Waals surface area contributed by atoms with Crippen LogP contribution in [-0.2, 0) is 0 Å². The Morgan fingerprint density at radius 2 is 1.89 bits per heavy atom. The number of carbonyl (C=O) groups excluding carboxylic acids is 1. The molecule has 0 unspecified atom stereocenters. The lowest BCUT2D eigenvalue weighted by Gasteiger charge is -2.06. The molecule has 0 saturated carbocycles. The van der Waals surface area contributed by atoms with E-state index in [-0.39, 0.29) is 10.9 Å². The van der Waals surface area contributed by atoms with Gasteiger partial charge in [-0.1, -0.05) is 0 Å². The summed E-state index contributed by atoms with van der Waals surface area (Å²) in [5.74, 6) is 0. The third kappa shape index (κ3) is 3.85. The molecular weight excluding hydrogens is 254 g/mol. The standard InChI is InChI=1S/C11H13N3O3S/c1-8(12-18-11(15)13(2)3)9-4-6-10(7-5-9)14(16)17/h4-7H,1-3H3/b12-8+. The highest BCUT2D eigenvalue weighted by Gasteiger charge is 2.07. The van der Waals surface area contributed by atoms with Gasteiger partial charge in [-0.2, -0.15) is 0 Å². The van der Waals surface area contributed by atoms with Crippen LogP contribution < -0.4 is 0 Å². The van der Waals surface area contributed by atoms with Gasteiger partial charge in [0, 0.05) is 26.2 Å². The third-order valence-electron chi connectivity index (χ3n) is 2.12. The normalized spacial score (nSPS) is 11.2. The first-order valence-electron chi connectivity index (χ1n) is 5.09. The molecule has 0 fully saturated rings. The molecule has 0 aliphatic heterocycles. The van der Waals surface area contributed by atoms with Crippen LogP contribution in [-0.4, -0.2) is 34.9 Å². The number of carbonyl (C=O) groups is 1. The zero-order valence-corrected chi connectivity index (χ0v) is 11.1. The first kappa shape index (κ1) is 14.2. The molecule has 0 heterocycles. The van der Waals surface area contributed by atoms with Gasteiger partial charge in [-0.05, 0) is 24.6 Å². The summed E-state index contributed by atoms with van der Waals surface area (Å²) in [7, 11) is 3.29. The van der Waals surface area contributed by atoms with Crippen LogP contribution in [0.3, 0.4) is 0 Å². The van der Waals surface area contributed by atoms with Crippen molar-refractivity contribution >= 4 is 28.6 Å². The van der Waals surface area contributed by atoms with Gasteiger partial charge in [0.15, 0.2) is 0 Å². The van der Waals surface area contributed by atoms with Crippen LogP contribution >= 0.6 is 11.9 Å². The van der Waals surface area contributed by atoms with Crippen molar-refractivity contribution in [2.75, 3.05) is 14.1 Å². The molecule has 1 rings (SSSR count). The molecule has 0 saturated heterocycles. The number of non-ortho nitro benzene ring substituents is 1. The van der Waals surface area contributed by atoms with Crippen LogP contribution in [0.1, 0.15) is 12.5 Å². The van der Waals surface area contributed by atoms with Gasteiger partial charge in [0.25, 0.3) is 5.69 Å². The fraction of sp³-hybridized carbons (Fsp3) is 0.273. The highest BCUT2D eigenvalue weighted by molar-refractivity contribution is 8.12. The molecule has 1 aromatic rings. The minimum atomic E-state index is -0.458. The van der Waals surface area contributed by atoms with Crippen LogP contribution in [0.4, 0.5) is 10.5 Å². The van der Waals surface area contributed by atoms with E-state index in [2.05, 4.69) is 4.40 Å². The maximum absolute atomic E-state index is 11.3. The fourth-order valence-corrected chi connectivity index (χ4v) is 1.55. The third-order valence-corrected chi connectivity index (χ3v) is 3.01. The largest absolute Gasteiger partial charge is 0.338 e. The van der Waals surface area contributed by atoms with Crippen LogP contribution in [0.5, 0.6) is 0 Å². The minimum absolute atomic E-state index is 0.0311. The Morgan fingerprint density at radius 3 is 2.33 bits per heavy atom. The summed E-state index contributed by atoms with van der Waals surface area (Å²) in [5, 5.41) is 10.3. The van der Waals surface area contributed by atoms with Crippen LogP contribution in [0.25, 0.3) is 0 Å². The van der Waals surface area contributed by atoms with Crippen molar-refractivity contribution < 1.29 is 9.72 Å². The predicted octanol–water partition coefficient (Wildman–Crippen LogP) is 2.73. The number of benzene rings is 1. The van der Waals surface area contributed by atoms with E-state index in [0.717, 1.165) is 17.5 Å². The monoisotopic (exact) mass is 267 g/mol. The number of nitro groups is 1. The van der Waals surface area contributed by atoms with E-state index in [9.17, 15) is 14.9 Å². The molecule has 18 heavy (non-hydrogen) atoms. The van der Waals surface area contributed by atoms with Crippen molar-refractivity contribution in [3.63, 3.8) is 0 Å². The fourth-order valence-electron chi connectivity index (χ4n) is 1.07. The van der Waals surface area contributed by atoms with Gasteiger partial charge in [0.05, 0.1) is 22.6 Å². The van der Waals surface area contributed by atoms with Gasteiger partial charge < -0.3 is 4.90 Å². The Balaban J connectivity index is 2.78. The molecule has 0 aromatic heterocycles. The second-order valence-corrected chi connectivity index (χ2v) is 4.45. The van der Waals surface area contributed by atoms with Crippen LogP contribution in [0, 0.1) is 10.1 Å². The maximum Gasteiger partial charge on any atom is 0.303 e. The summed E-state index contributed by atoms with van der Waals surface area (Å²) in [6.07, 6.45) is 0.